The number of piperidine rings is 1. The number of fused-ring (bicyclic) bond motifs is 1. The largest absolute Gasteiger partial charge is 0.449 e. The molecule has 2 aromatic rings. The Labute approximate surface area is 238 Å². The van der Waals surface area contributed by atoms with Crippen molar-refractivity contribution in [3.63, 3.8) is 0 Å². The normalized spacial score (nSPS) is 28.8. The molecule has 4 aliphatic rings. The molecule has 5 heterocycles. The minimum Gasteiger partial charge on any atom is -0.449 e. The zero-order valence-corrected chi connectivity index (χ0v) is 23.2. The van der Waals surface area contributed by atoms with Crippen LogP contribution in [-0.4, -0.2) is 104 Å². The summed E-state index contributed by atoms with van der Waals surface area (Å²) in [5, 5.41) is 27.3. The smallest absolute Gasteiger partial charge is 0.409 e. The number of nitrogens with zero attached hydrogens (tertiary/aromatic N) is 5. The maximum Gasteiger partial charge on any atom is 0.409 e. The molecule has 0 spiro atoms. The number of carbonyl (C=O) groups excluding carboxylic acids is 2. The Hall–Kier alpha value is -3.07. The Balaban J connectivity index is 1.01. The zero-order valence-electron chi connectivity index (χ0n) is 23.2. The van der Waals surface area contributed by atoms with Crippen molar-refractivity contribution in [2.24, 2.45) is 11.8 Å². The number of nitrogens with one attached hydrogen (secondary N) is 2. The van der Waals surface area contributed by atoms with Crippen LogP contribution in [0.25, 0.3) is 11.2 Å². The van der Waals surface area contributed by atoms with Gasteiger partial charge in [0.15, 0.2) is 23.8 Å². The standard InChI is InChI=1S/C27H40N8O6/c28-23-19-24(35(14-30-19)26-21(37)20(36)22(41-26)25(38)31-17-4-5-17)33-18(32-23)3-1-2-15-7-10-34(11-8-15)27(39)40-13-16-6-9-29-12-16/h14-17,20-22,26,29,36-37H,1-13H2,(H,31,38)(H2,28,32,33)/t16?,20?,21-,22-,26+/m0/s1. The first-order valence-electron chi connectivity index (χ1n) is 14.8. The Morgan fingerprint density at radius 3 is 2.66 bits per heavy atom. The van der Waals surface area contributed by atoms with Gasteiger partial charge in [0.25, 0.3) is 5.91 Å². The second-order valence-electron chi connectivity index (χ2n) is 11.8. The highest BCUT2D eigenvalue weighted by atomic mass is 16.6. The van der Waals surface area contributed by atoms with Crippen LogP contribution in [0.1, 0.15) is 57.0 Å². The number of aromatic nitrogens is 4. The van der Waals surface area contributed by atoms with Crippen LogP contribution in [0.15, 0.2) is 6.33 Å². The molecule has 0 aromatic carbocycles. The quantitative estimate of drug-likeness (QED) is 0.274. The second kappa shape index (κ2) is 12.0. The van der Waals surface area contributed by atoms with E-state index in [0.717, 1.165) is 58.0 Å². The van der Waals surface area contributed by atoms with Gasteiger partial charge in [-0.1, -0.05) is 0 Å². The molecule has 6 rings (SSSR count). The summed E-state index contributed by atoms with van der Waals surface area (Å²) < 4.78 is 12.8. The SMILES string of the molecule is Nc1nc(CCCC2CCN(C(=O)OCC3CCNC3)CC2)nc2c1ncn2[C@@H]1O[C@H](C(=O)NC2CC2)C(O)[C@@H]1O. The molecular formula is C27H40N8O6. The zero-order chi connectivity index (χ0) is 28.5. The lowest BCUT2D eigenvalue weighted by molar-refractivity contribution is -0.137. The number of aliphatic hydroxyl groups excluding tert-OH is 2. The molecule has 1 saturated carbocycles. The van der Waals surface area contributed by atoms with Gasteiger partial charge in [-0.3, -0.25) is 9.36 Å². The summed E-state index contributed by atoms with van der Waals surface area (Å²) in [6, 6.07) is 0.104. The van der Waals surface area contributed by atoms with E-state index in [9.17, 15) is 19.8 Å². The number of nitrogen functional groups attached to an aromatic ring is 1. The Bertz CT molecular complexity index is 1240. The molecule has 1 aliphatic carbocycles. The number of likely N-dealkylation sites (tertiary alicyclic amines) is 1. The molecule has 14 nitrogen and oxygen atoms in total. The third kappa shape index (κ3) is 6.25. The van der Waals surface area contributed by atoms with E-state index in [0.29, 0.717) is 54.9 Å². The molecule has 3 saturated heterocycles. The van der Waals surface area contributed by atoms with Crippen LogP contribution in [0, 0.1) is 11.8 Å². The molecule has 0 radical (unpaired) electrons. The fourth-order valence-corrected chi connectivity index (χ4v) is 5.99. The van der Waals surface area contributed by atoms with Crippen molar-refractivity contribution in [1.29, 1.82) is 0 Å². The molecule has 2 unspecified atom stereocenters. The number of rotatable bonds is 9. The van der Waals surface area contributed by atoms with Gasteiger partial charge in [-0.05, 0) is 57.4 Å². The number of nitrogens with two attached hydrogens (primary N) is 1. The molecule has 2 amide bonds. The van der Waals surface area contributed by atoms with Gasteiger partial charge >= 0.3 is 6.09 Å². The van der Waals surface area contributed by atoms with Gasteiger partial charge in [0.05, 0.1) is 12.9 Å². The van der Waals surface area contributed by atoms with Crippen LogP contribution in [0.3, 0.4) is 0 Å². The van der Waals surface area contributed by atoms with E-state index in [1.54, 1.807) is 0 Å². The summed E-state index contributed by atoms with van der Waals surface area (Å²) in [5.41, 5.74) is 6.94. The molecule has 41 heavy (non-hydrogen) atoms. The molecular weight excluding hydrogens is 532 g/mol. The second-order valence-corrected chi connectivity index (χ2v) is 11.8. The Morgan fingerprint density at radius 1 is 1.12 bits per heavy atom. The highest BCUT2D eigenvalue weighted by Crippen LogP contribution is 2.33. The van der Waals surface area contributed by atoms with Crippen LogP contribution in [0.2, 0.25) is 0 Å². The van der Waals surface area contributed by atoms with Crippen molar-refractivity contribution in [2.75, 3.05) is 38.5 Å². The minimum absolute atomic E-state index is 0.104. The van der Waals surface area contributed by atoms with Crippen molar-refractivity contribution in [2.45, 2.75) is 81.9 Å². The molecule has 5 atom stereocenters. The molecule has 6 N–H and O–H groups in total. The molecule has 2 aromatic heterocycles. The van der Waals surface area contributed by atoms with E-state index in [2.05, 4.69) is 25.6 Å². The van der Waals surface area contributed by atoms with Crippen LogP contribution in [0.5, 0.6) is 0 Å². The van der Waals surface area contributed by atoms with Crippen LogP contribution >= 0.6 is 0 Å². The summed E-state index contributed by atoms with van der Waals surface area (Å²) in [6.07, 6.45) is 3.43. The van der Waals surface area contributed by atoms with Crippen molar-refractivity contribution < 1.29 is 29.3 Å². The predicted octanol–water partition coefficient (Wildman–Crippen LogP) is 0.0871. The number of anilines is 1. The molecule has 14 heteroatoms. The lowest BCUT2D eigenvalue weighted by atomic mass is 9.91. The fourth-order valence-electron chi connectivity index (χ4n) is 5.99. The summed E-state index contributed by atoms with van der Waals surface area (Å²) in [6.45, 7) is 3.80. The van der Waals surface area contributed by atoms with Gasteiger partial charge < -0.3 is 41.0 Å². The average Bonchev–Trinajstić information content (AvgIpc) is 3.32. The lowest BCUT2D eigenvalue weighted by Gasteiger charge is -2.31. The minimum atomic E-state index is -1.38. The maximum atomic E-state index is 12.5. The predicted molar refractivity (Wildman–Crippen MR) is 146 cm³/mol. The van der Waals surface area contributed by atoms with Crippen molar-refractivity contribution in [3.8, 4) is 0 Å². The van der Waals surface area contributed by atoms with Crippen molar-refractivity contribution in [1.82, 2.24) is 35.1 Å². The lowest BCUT2D eigenvalue weighted by Crippen LogP contribution is -2.43. The summed E-state index contributed by atoms with van der Waals surface area (Å²) >= 11 is 0. The van der Waals surface area contributed by atoms with Crippen LogP contribution in [-0.2, 0) is 20.7 Å². The number of imidazole rings is 1. The number of aryl methyl sites for hydroxylation is 1. The Morgan fingerprint density at radius 2 is 1.93 bits per heavy atom. The van der Waals surface area contributed by atoms with Gasteiger partial charge in [0.1, 0.15) is 23.5 Å². The maximum absolute atomic E-state index is 12.5. The van der Waals surface area contributed by atoms with Gasteiger partial charge in [0.2, 0.25) is 0 Å². The van der Waals surface area contributed by atoms with E-state index in [1.165, 1.54) is 10.9 Å². The average molecular weight is 573 g/mol. The number of carbonyl (C=O) groups is 2. The summed E-state index contributed by atoms with van der Waals surface area (Å²) in [7, 11) is 0. The molecule has 4 fully saturated rings. The van der Waals surface area contributed by atoms with Gasteiger partial charge in [-0.25, -0.2) is 19.7 Å². The van der Waals surface area contributed by atoms with Gasteiger partial charge in [-0.2, -0.15) is 0 Å². The van der Waals surface area contributed by atoms with E-state index < -0.39 is 30.4 Å². The molecule has 0 bridgehead atoms. The number of hydrogen-bond acceptors (Lipinski definition) is 11. The number of aliphatic hydroxyl groups is 2. The first-order chi connectivity index (χ1) is 19.9. The topological polar surface area (TPSA) is 190 Å². The number of amides is 2. The highest BCUT2D eigenvalue weighted by Gasteiger charge is 2.48. The van der Waals surface area contributed by atoms with Crippen molar-refractivity contribution in [3.05, 3.63) is 12.2 Å². The third-order valence-electron chi connectivity index (χ3n) is 8.68. The first kappa shape index (κ1) is 28.1. The van der Waals surface area contributed by atoms with E-state index in [4.69, 9.17) is 15.2 Å². The Kier molecular flexibility index (Phi) is 8.24. The van der Waals surface area contributed by atoms with Gasteiger partial charge in [-0.15, -0.1) is 0 Å². The van der Waals surface area contributed by atoms with Crippen LogP contribution < -0.4 is 16.4 Å². The van der Waals surface area contributed by atoms with Gasteiger partial charge in [0, 0.05) is 38.0 Å². The molecule has 224 valence electrons. The number of hydrogen-bond donors (Lipinski definition) is 5. The number of ether oxygens (including phenoxy) is 2. The first-order valence-corrected chi connectivity index (χ1v) is 14.8. The summed E-state index contributed by atoms with van der Waals surface area (Å²) in [5.74, 6) is 1.26. The van der Waals surface area contributed by atoms with E-state index in [-0.39, 0.29) is 18.0 Å². The fraction of sp³-hybridized carbons (Fsp3) is 0.741. The van der Waals surface area contributed by atoms with Crippen LogP contribution in [0.4, 0.5) is 10.6 Å². The third-order valence-corrected chi connectivity index (χ3v) is 8.68. The highest BCUT2D eigenvalue weighted by molar-refractivity contribution is 5.83. The summed E-state index contributed by atoms with van der Waals surface area (Å²) in [4.78, 5) is 40.1. The van der Waals surface area contributed by atoms with E-state index in [1.807, 2.05) is 4.90 Å². The monoisotopic (exact) mass is 572 g/mol. The molecule has 3 aliphatic heterocycles. The van der Waals surface area contributed by atoms with Crippen molar-refractivity contribution >= 4 is 29.0 Å². The van der Waals surface area contributed by atoms with E-state index >= 15 is 0 Å².